The Balaban J connectivity index is 1.57. The summed E-state index contributed by atoms with van der Waals surface area (Å²) >= 11 is 0. The second kappa shape index (κ2) is 6.86. The monoisotopic (exact) mass is 313 g/mol. The number of carbonyl (C=O) groups excluding carboxylic acids is 1. The third-order valence-corrected chi connectivity index (χ3v) is 4.46. The molecule has 1 aliphatic rings. The number of anilines is 1. The van der Waals surface area contributed by atoms with Gasteiger partial charge in [0.05, 0.1) is 12.2 Å². The van der Waals surface area contributed by atoms with Gasteiger partial charge in [-0.15, -0.1) is 0 Å². The van der Waals surface area contributed by atoms with Crippen molar-refractivity contribution in [1.82, 2.24) is 9.78 Å². The molecule has 5 nitrogen and oxygen atoms in total. The van der Waals surface area contributed by atoms with E-state index in [1.54, 1.807) is 6.20 Å². The van der Waals surface area contributed by atoms with E-state index in [4.69, 9.17) is 4.74 Å². The van der Waals surface area contributed by atoms with Gasteiger partial charge in [-0.05, 0) is 49.9 Å². The molecule has 5 heteroatoms. The number of benzene rings is 1. The SMILES string of the molecule is Cc1ccc(OCC(=O)Nc2ccnn2C2CCCC2)cc1C. The Hall–Kier alpha value is -2.30. The predicted octanol–water partition coefficient (Wildman–Crippen LogP) is 3.63. The fourth-order valence-corrected chi connectivity index (χ4v) is 2.98. The molecule has 1 aliphatic carbocycles. The van der Waals surface area contributed by atoms with Crippen LogP contribution in [-0.4, -0.2) is 22.3 Å². The van der Waals surface area contributed by atoms with Gasteiger partial charge in [0.2, 0.25) is 0 Å². The smallest absolute Gasteiger partial charge is 0.263 e. The average molecular weight is 313 g/mol. The van der Waals surface area contributed by atoms with Crippen molar-refractivity contribution in [2.75, 3.05) is 11.9 Å². The lowest BCUT2D eigenvalue weighted by Crippen LogP contribution is -2.23. The first kappa shape index (κ1) is 15.6. The van der Waals surface area contributed by atoms with E-state index in [0.717, 1.165) is 24.2 Å². The number of hydrogen-bond donors (Lipinski definition) is 1. The van der Waals surface area contributed by atoms with Crippen LogP contribution in [0.2, 0.25) is 0 Å². The van der Waals surface area contributed by atoms with Crippen LogP contribution >= 0.6 is 0 Å². The quantitative estimate of drug-likeness (QED) is 0.917. The van der Waals surface area contributed by atoms with Crippen LogP contribution in [0, 0.1) is 13.8 Å². The third kappa shape index (κ3) is 3.73. The van der Waals surface area contributed by atoms with Gasteiger partial charge in [-0.25, -0.2) is 4.68 Å². The summed E-state index contributed by atoms with van der Waals surface area (Å²) in [5.74, 6) is 1.31. The van der Waals surface area contributed by atoms with E-state index >= 15 is 0 Å². The van der Waals surface area contributed by atoms with Crippen LogP contribution in [0.3, 0.4) is 0 Å². The largest absolute Gasteiger partial charge is 0.484 e. The van der Waals surface area contributed by atoms with E-state index < -0.39 is 0 Å². The number of ether oxygens (including phenoxy) is 1. The van der Waals surface area contributed by atoms with Crippen molar-refractivity contribution in [3.05, 3.63) is 41.6 Å². The van der Waals surface area contributed by atoms with Gasteiger partial charge in [0, 0.05) is 6.07 Å². The Labute approximate surface area is 136 Å². The lowest BCUT2D eigenvalue weighted by molar-refractivity contribution is -0.118. The van der Waals surface area contributed by atoms with Gasteiger partial charge < -0.3 is 10.1 Å². The number of amides is 1. The summed E-state index contributed by atoms with van der Waals surface area (Å²) in [5, 5.41) is 7.25. The maximum atomic E-state index is 12.1. The molecule has 1 heterocycles. The van der Waals surface area contributed by atoms with Crippen molar-refractivity contribution in [3.63, 3.8) is 0 Å². The van der Waals surface area contributed by atoms with Crippen LogP contribution in [0.1, 0.15) is 42.9 Å². The molecular formula is C18H23N3O2. The minimum atomic E-state index is -0.164. The molecule has 1 aromatic heterocycles. The van der Waals surface area contributed by atoms with Crippen molar-refractivity contribution in [3.8, 4) is 5.75 Å². The Morgan fingerprint density at radius 2 is 2.04 bits per heavy atom. The van der Waals surface area contributed by atoms with E-state index in [1.165, 1.54) is 18.4 Å². The summed E-state index contributed by atoms with van der Waals surface area (Å²) in [5.41, 5.74) is 2.37. The summed E-state index contributed by atoms with van der Waals surface area (Å²) in [6, 6.07) is 8.08. The molecule has 23 heavy (non-hydrogen) atoms. The lowest BCUT2D eigenvalue weighted by Gasteiger charge is -2.15. The molecule has 1 N–H and O–H groups in total. The fourth-order valence-electron chi connectivity index (χ4n) is 2.98. The van der Waals surface area contributed by atoms with Gasteiger partial charge in [0.15, 0.2) is 6.61 Å². The van der Waals surface area contributed by atoms with Crippen molar-refractivity contribution in [1.29, 1.82) is 0 Å². The van der Waals surface area contributed by atoms with Gasteiger partial charge in [0.25, 0.3) is 5.91 Å². The predicted molar refractivity (Wildman–Crippen MR) is 89.8 cm³/mol. The first-order valence-electron chi connectivity index (χ1n) is 8.17. The molecule has 0 bridgehead atoms. The van der Waals surface area contributed by atoms with Gasteiger partial charge in [-0.1, -0.05) is 18.9 Å². The summed E-state index contributed by atoms with van der Waals surface area (Å²) < 4.78 is 7.51. The number of rotatable bonds is 5. The molecule has 1 amide bonds. The van der Waals surface area contributed by atoms with Gasteiger partial charge >= 0.3 is 0 Å². The third-order valence-electron chi connectivity index (χ3n) is 4.46. The molecule has 0 aliphatic heterocycles. The molecule has 2 aromatic rings. The number of aromatic nitrogens is 2. The molecule has 0 saturated heterocycles. The normalized spacial score (nSPS) is 14.9. The van der Waals surface area contributed by atoms with Crippen LogP contribution in [0.15, 0.2) is 30.5 Å². The van der Waals surface area contributed by atoms with Crippen molar-refractivity contribution >= 4 is 11.7 Å². The maximum Gasteiger partial charge on any atom is 0.263 e. The van der Waals surface area contributed by atoms with Crippen molar-refractivity contribution < 1.29 is 9.53 Å². The van der Waals surface area contributed by atoms with Crippen LogP contribution in [0.5, 0.6) is 5.75 Å². The van der Waals surface area contributed by atoms with Crippen LogP contribution in [-0.2, 0) is 4.79 Å². The molecule has 1 fully saturated rings. The highest BCUT2D eigenvalue weighted by atomic mass is 16.5. The highest BCUT2D eigenvalue weighted by Gasteiger charge is 2.20. The number of carbonyl (C=O) groups is 1. The molecule has 0 unspecified atom stereocenters. The number of nitrogens with zero attached hydrogens (tertiary/aromatic N) is 2. The Morgan fingerprint density at radius 3 is 2.78 bits per heavy atom. The molecule has 122 valence electrons. The summed E-state index contributed by atoms with van der Waals surface area (Å²) in [6.45, 7) is 4.08. The zero-order chi connectivity index (χ0) is 16.2. The summed E-state index contributed by atoms with van der Waals surface area (Å²) in [7, 11) is 0. The Bertz CT molecular complexity index is 687. The van der Waals surface area contributed by atoms with Crippen LogP contribution in [0.4, 0.5) is 5.82 Å². The molecule has 0 atom stereocenters. The maximum absolute atomic E-state index is 12.1. The minimum Gasteiger partial charge on any atom is -0.484 e. The summed E-state index contributed by atoms with van der Waals surface area (Å²) in [4.78, 5) is 12.1. The van der Waals surface area contributed by atoms with Crippen molar-refractivity contribution in [2.45, 2.75) is 45.6 Å². The van der Waals surface area contributed by atoms with E-state index in [2.05, 4.69) is 17.3 Å². The minimum absolute atomic E-state index is 0.00164. The fraction of sp³-hybridized carbons (Fsp3) is 0.444. The average Bonchev–Trinajstić information content (AvgIpc) is 3.19. The first-order chi connectivity index (χ1) is 11.1. The van der Waals surface area contributed by atoms with Crippen molar-refractivity contribution in [2.24, 2.45) is 0 Å². The van der Waals surface area contributed by atoms with Gasteiger partial charge in [0.1, 0.15) is 11.6 Å². The second-order valence-corrected chi connectivity index (χ2v) is 6.18. The second-order valence-electron chi connectivity index (χ2n) is 6.18. The van der Waals surface area contributed by atoms with E-state index in [-0.39, 0.29) is 12.5 Å². The Morgan fingerprint density at radius 1 is 1.26 bits per heavy atom. The standard InChI is InChI=1S/C18H23N3O2/c1-13-7-8-16(11-14(13)2)23-12-18(22)20-17-9-10-19-21(17)15-5-3-4-6-15/h7-11,15H,3-6,12H2,1-2H3,(H,20,22). The first-order valence-corrected chi connectivity index (χ1v) is 8.17. The molecule has 3 rings (SSSR count). The molecule has 0 spiro atoms. The highest BCUT2D eigenvalue weighted by molar-refractivity contribution is 5.91. The Kier molecular flexibility index (Phi) is 4.65. The van der Waals surface area contributed by atoms with Crippen LogP contribution < -0.4 is 10.1 Å². The lowest BCUT2D eigenvalue weighted by atomic mass is 10.1. The van der Waals surface area contributed by atoms with Gasteiger partial charge in [-0.2, -0.15) is 5.10 Å². The highest BCUT2D eigenvalue weighted by Crippen LogP contribution is 2.31. The van der Waals surface area contributed by atoms with E-state index in [1.807, 2.05) is 35.9 Å². The number of nitrogens with one attached hydrogen (secondary N) is 1. The number of hydrogen-bond acceptors (Lipinski definition) is 3. The zero-order valence-corrected chi connectivity index (χ0v) is 13.7. The van der Waals surface area contributed by atoms with E-state index in [9.17, 15) is 4.79 Å². The van der Waals surface area contributed by atoms with Gasteiger partial charge in [-0.3, -0.25) is 4.79 Å². The molecular weight excluding hydrogens is 290 g/mol. The summed E-state index contributed by atoms with van der Waals surface area (Å²) in [6.07, 6.45) is 6.45. The molecule has 0 radical (unpaired) electrons. The molecule has 1 saturated carbocycles. The van der Waals surface area contributed by atoms with Crippen LogP contribution in [0.25, 0.3) is 0 Å². The zero-order valence-electron chi connectivity index (χ0n) is 13.7. The topological polar surface area (TPSA) is 56.1 Å². The molecule has 1 aromatic carbocycles. The van der Waals surface area contributed by atoms with E-state index in [0.29, 0.717) is 11.8 Å². The number of aryl methyl sites for hydroxylation is 2.